The summed E-state index contributed by atoms with van der Waals surface area (Å²) in [4.78, 5) is 61.2. The summed E-state index contributed by atoms with van der Waals surface area (Å²) in [6, 6.07) is 14.1. The lowest BCUT2D eigenvalue weighted by atomic mass is 9.85. The van der Waals surface area contributed by atoms with E-state index >= 15 is 0 Å². The van der Waals surface area contributed by atoms with E-state index in [4.69, 9.17) is 9.47 Å². The number of likely N-dealkylation sites (tertiary alicyclic amines) is 1. The fourth-order valence-electron chi connectivity index (χ4n) is 6.52. The minimum absolute atomic E-state index is 0.00104. The molecule has 59 heavy (non-hydrogen) atoms. The van der Waals surface area contributed by atoms with Crippen molar-refractivity contribution in [1.29, 1.82) is 0 Å². The van der Waals surface area contributed by atoms with Gasteiger partial charge in [-0.15, -0.1) is 5.10 Å². The monoisotopic (exact) mass is 819 g/mol. The number of halogens is 3. The normalized spacial score (nSPS) is 16.6. The van der Waals surface area contributed by atoms with Crippen molar-refractivity contribution in [3.63, 3.8) is 0 Å². The van der Waals surface area contributed by atoms with Gasteiger partial charge in [-0.2, -0.15) is 9.90 Å². The highest BCUT2D eigenvalue weighted by atomic mass is 19.1. The second-order valence-corrected chi connectivity index (χ2v) is 16.8. The topological polar surface area (TPSA) is 139 Å². The van der Waals surface area contributed by atoms with Crippen molar-refractivity contribution in [2.75, 3.05) is 26.7 Å². The van der Waals surface area contributed by atoms with Crippen molar-refractivity contribution in [1.82, 2.24) is 35.0 Å². The van der Waals surface area contributed by atoms with E-state index < -0.39 is 76.5 Å². The summed E-state index contributed by atoms with van der Waals surface area (Å²) in [6.07, 6.45) is 0.598. The summed E-state index contributed by atoms with van der Waals surface area (Å²) in [5.74, 6) is -2.44. The van der Waals surface area contributed by atoms with Crippen LogP contribution in [0.2, 0.25) is 0 Å². The Labute approximate surface area is 342 Å². The molecule has 1 aliphatic rings. The number of hydrogen-bond donors (Lipinski definition) is 1. The zero-order chi connectivity index (χ0) is 43.2. The summed E-state index contributed by atoms with van der Waals surface area (Å²) in [5.41, 5.74) is -0.438. The Morgan fingerprint density at radius 1 is 0.881 bits per heavy atom. The molecule has 1 saturated heterocycles. The first-order valence-corrected chi connectivity index (χ1v) is 19.4. The van der Waals surface area contributed by atoms with Gasteiger partial charge >= 0.3 is 6.09 Å². The van der Waals surface area contributed by atoms with Gasteiger partial charge in [0.1, 0.15) is 47.0 Å². The first-order valence-electron chi connectivity index (χ1n) is 19.4. The smallest absolute Gasteiger partial charge is 0.410 e. The highest BCUT2D eigenvalue weighted by Crippen LogP contribution is 2.29. The van der Waals surface area contributed by atoms with Gasteiger partial charge in [-0.1, -0.05) is 32.9 Å². The van der Waals surface area contributed by atoms with E-state index in [0.29, 0.717) is 17.9 Å². The van der Waals surface area contributed by atoms with E-state index in [9.17, 15) is 32.3 Å². The van der Waals surface area contributed by atoms with Crippen LogP contribution in [0.15, 0.2) is 79.0 Å². The van der Waals surface area contributed by atoms with Crippen molar-refractivity contribution in [2.45, 2.75) is 91.1 Å². The van der Waals surface area contributed by atoms with Gasteiger partial charge in [0.15, 0.2) is 5.69 Å². The molecule has 0 spiro atoms. The predicted molar refractivity (Wildman–Crippen MR) is 213 cm³/mol. The maximum Gasteiger partial charge on any atom is 0.410 e. The maximum atomic E-state index is 14.8. The molecule has 1 fully saturated rings. The summed E-state index contributed by atoms with van der Waals surface area (Å²) in [5, 5.41) is 11.5. The Bertz CT molecular complexity index is 2080. The van der Waals surface area contributed by atoms with E-state index in [1.165, 1.54) is 90.5 Å². The Hall–Kier alpha value is -5.93. The van der Waals surface area contributed by atoms with E-state index in [-0.39, 0.29) is 31.7 Å². The molecule has 1 aliphatic heterocycles. The minimum Gasteiger partial charge on any atom is -0.489 e. The van der Waals surface area contributed by atoms with Gasteiger partial charge in [-0.25, -0.2) is 18.0 Å². The Morgan fingerprint density at radius 3 is 2.03 bits per heavy atom. The fraction of sp³-hybridized carbons (Fsp3) is 0.442. The van der Waals surface area contributed by atoms with Gasteiger partial charge in [-0.05, 0) is 106 Å². The molecule has 1 aromatic heterocycles. The quantitative estimate of drug-likeness (QED) is 0.168. The van der Waals surface area contributed by atoms with Crippen molar-refractivity contribution in [3.8, 4) is 11.4 Å². The zero-order valence-corrected chi connectivity index (χ0v) is 34.6. The van der Waals surface area contributed by atoms with E-state index in [1.54, 1.807) is 58.6 Å². The molecule has 16 heteroatoms. The van der Waals surface area contributed by atoms with Crippen LogP contribution in [0, 0.1) is 22.9 Å². The molecule has 4 aromatic rings. The largest absolute Gasteiger partial charge is 0.489 e. The van der Waals surface area contributed by atoms with Gasteiger partial charge in [0, 0.05) is 26.6 Å². The number of carbonyl (C=O) groups excluding carboxylic acids is 4. The minimum atomic E-state index is -1.09. The second-order valence-electron chi connectivity index (χ2n) is 16.8. The first-order chi connectivity index (χ1) is 27.7. The van der Waals surface area contributed by atoms with E-state index in [0.717, 1.165) is 10.5 Å². The zero-order valence-electron chi connectivity index (χ0n) is 34.6. The van der Waals surface area contributed by atoms with Crippen LogP contribution in [0.5, 0.6) is 5.75 Å². The molecule has 4 amide bonds. The van der Waals surface area contributed by atoms with Crippen molar-refractivity contribution >= 4 is 23.8 Å². The number of carbonyl (C=O) groups is 4. The number of hydrogen-bond acceptors (Lipinski definition) is 8. The maximum absolute atomic E-state index is 14.8. The van der Waals surface area contributed by atoms with Gasteiger partial charge in [0.05, 0.1) is 24.5 Å². The average Bonchev–Trinajstić information content (AvgIpc) is 3.83. The number of rotatable bonds is 13. The molecule has 5 rings (SSSR count). The molecular formula is C43H52F3N7O6. The Morgan fingerprint density at radius 2 is 1.46 bits per heavy atom. The molecule has 0 aliphatic carbocycles. The van der Waals surface area contributed by atoms with Crippen LogP contribution in [0.25, 0.3) is 5.69 Å². The van der Waals surface area contributed by atoms with Crippen molar-refractivity contribution < 1.29 is 41.8 Å². The van der Waals surface area contributed by atoms with Gasteiger partial charge in [-0.3, -0.25) is 19.3 Å². The summed E-state index contributed by atoms with van der Waals surface area (Å²) in [7, 11) is 1.44. The van der Waals surface area contributed by atoms with E-state index in [1.807, 2.05) is 0 Å². The molecule has 13 nitrogen and oxygen atoms in total. The molecule has 1 N–H and O–H groups in total. The van der Waals surface area contributed by atoms with Crippen LogP contribution in [0.1, 0.15) is 70.9 Å². The van der Waals surface area contributed by atoms with Crippen LogP contribution < -0.4 is 10.1 Å². The molecule has 0 bridgehead atoms. The molecular weight excluding hydrogens is 768 g/mol. The lowest BCUT2D eigenvalue weighted by Gasteiger charge is -2.38. The van der Waals surface area contributed by atoms with Crippen molar-refractivity contribution in [3.05, 3.63) is 108 Å². The Kier molecular flexibility index (Phi) is 13.7. The fourth-order valence-corrected chi connectivity index (χ4v) is 6.52. The van der Waals surface area contributed by atoms with Crippen LogP contribution >= 0.6 is 0 Å². The number of benzene rings is 3. The predicted octanol–water partition coefficient (Wildman–Crippen LogP) is 6.20. The van der Waals surface area contributed by atoms with Gasteiger partial charge < -0.3 is 24.6 Å². The number of ether oxygens (including phenoxy) is 2. The number of nitrogens with zero attached hydrogens (tertiary/aromatic N) is 6. The lowest BCUT2D eigenvalue weighted by molar-refractivity contribution is -0.141. The standard InChI is InChI=1S/C43H52F3N7O6/c1-27(50(8)41(57)59-43(5,6)7)38(54)48-37(42(2,3)4)40(56)52-26-35(58-34-19-15-31(46)16-20-34)23-33(52)25-51(22-21-28-9-11-29(44)12-10-28)39(55)36-24-47-53(49-36)32-17-13-30(45)14-18-32/h9-20,24,27,33,35,37H,21-23,25-26H2,1-8H3,(H,48,54). The molecule has 4 unspecified atom stereocenters. The van der Waals surface area contributed by atoms with Crippen molar-refractivity contribution in [2.24, 2.45) is 5.41 Å². The van der Waals surface area contributed by atoms with Crippen LogP contribution in [-0.4, -0.2) is 110 Å². The second kappa shape index (κ2) is 18.3. The number of nitrogens with one attached hydrogen (secondary N) is 1. The number of likely N-dealkylation sites (N-methyl/N-ethyl adjacent to an activating group) is 1. The van der Waals surface area contributed by atoms with E-state index in [2.05, 4.69) is 15.5 Å². The highest BCUT2D eigenvalue weighted by molar-refractivity contribution is 5.93. The highest BCUT2D eigenvalue weighted by Gasteiger charge is 2.45. The number of aromatic nitrogens is 3. The van der Waals surface area contributed by atoms with Gasteiger partial charge in [0.2, 0.25) is 11.8 Å². The third-order valence-electron chi connectivity index (χ3n) is 9.89. The molecule has 3 aromatic carbocycles. The number of amides is 4. The third-order valence-corrected chi connectivity index (χ3v) is 9.89. The SMILES string of the molecule is CC(C(=O)NC(C(=O)N1CC(Oc2ccc(F)cc2)CC1CN(CCc1ccc(F)cc1)C(=O)c1cnn(-c2ccc(F)cc2)n1)C(C)(C)C)N(C)C(=O)OC(C)(C)C. The van der Waals surface area contributed by atoms with Crippen LogP contribution in [0.3, 0.4) is 0 Å². The molecule has 2 heterocycles. The van der Waals surface area contributed by atoms with Gasteiger partial charge in [0.25, 0.3) is 5.91 Å². The van der Waals surface area contributed by atoms with Crippen LogP contribution in [-0.2, 0) is 20.7 Å². The summed E-state index contributed by atoms with van der Waals surface area (Å²) < 4.78 is 52.9. The first kappa shape index (κ1) is 44.2. The summed E-state index contributed by atoms with van der Waals surface area (Å²) in [6.45, 7) is 12.3. The summed E-state index contributed by atoms with van der Waals surface area (Å²) >= 11 is 0. The van der Waals surface area contributed by atoms with Crippen LogP contribution in [0.4, 0.5) is 18.0 Å². The molecule has 0 radical (unpaired) electrons. The third kappa shape index (κ3) is 11.8. The Balaban J connectivity index is 1.45. The molecule has 316 valence electrons. The molecule has 0 saturated carbocycles. The lowest BCUT2D eigenvalue weighted by Crippen LogP contribution is -2.60. The molecule has 4 atom stereocenters. The average molecular weight is 820 g/mol.